The Bertz CT molecular complexity index is 340. The van der Waals surface area contributed by atoms with E-state index in [0.717, 1.165) is 26.0 Å². The normalized spacial score (nSPS) is 24.6. The lowest BCUT2D eigenvalue weighted by Gasteiger charge is -2.28. The predicted molar refractivity (Wildman–Crippen MR) is 66.1 cm³/mol. The molecule has 0 aromatic carbocycles. The summed E-state index contributed by atoms with van der Waals surface area (Å²) in [4.78, 5) is 4.19. The summed E-state index contributed by atoms with van der Waals surface area (Å²) >= 11 is 0. The van der Waals surface area contributed by atoms with E-state index < -0.39 is 0 Å². The van der Waals surface area contributed by atoms with Gasteiger partial charge in [-0.1, -0.05) is 6.07 Å². The maximum atomic E-state index is 5.52. The molecule has 0 aliphatic carbocycles. The molecule has 0 bridgehead atoms. The first-order chi connectivity index (χ1) is 8.28. The standard InChI is InChI=1S/C13H20N2O2/c1-10-7-12(5-6-17-10)14-8-11-3-4-13(16-2)15-9-11/h3-4,9-10,12,14H,5-8H2,1-2H3. The third kappa shape index (κ3) is 3.68. The highest BCUT2D eigenvalue weighted by Gasteiger charge is 2.18. The van der Waals surface area contributed by atoms with Crippen molar-refractivity contribution in [1.82, 2.24) is 10.3 Å². The first kappa shape index (κ1) is 12.3. The quantitative estimate of drug-likeness (QED) is 0.865. The molecule has 0 saturated carbocycles. The van der Waals surface area contributed by atoms with Gasteiger partial charge in [0.1, 0.15) is 0 Å². The van der Waals surface area contributed by atoms with Crippen molar-refractivity contribution < 1.29 is 9.47 Å². The van der Waals surface area contributed by atoms with E-state index in [1.54, 1.807) is 7.11 Å². The van der Waals surface area contributed by atoms with Crippen LogP contribution < -0.4 is 10.1 Å². The van der Waals surface area contributed by atoms with Gasteiger partial charge in [-0.15, -0.1) is 0 Å². The van der Waals surface area contributed by atoms with Crippen LogP contribution in [0.1, 0.15) is 25.3 Å². The van der Waals surface area contributed by atoms with Gasteiger partial charge in [-0.25, -0.2) is 4.98 Å². The van der Waals surface area contributed by atoms with Gasteiger partial charge in [-0.2, -0.15) is 0 Å². The van der Waals surface area contributed by atoms with Crippen molar-refractivity contribution >= 4 is 0 Å². The van der Waals surface area contributed by atoms with Crippen molar-refractivity contribution in [2.75, 3.05) is 13.7 Å². The van der Waals surface area contributed by atoms with E-state index >= 15 is 0 Å². The molecule has 4 nitrogen and oxygen atoms in total. The van der Waals surface area contributed by atoms with Crippen LogP contribution in [0.2, 0.25) is 0 Å². The van der Waals surface area contributed by atoms with Crippen molar-refractivity contribution in [2.45, 2.75) is 38.5 Å². The second-order valence-corrected chi connectivity index (χ2v) is 4.49. The number of pyridine rings is 1. The van der Waals surface area contributed by atoms with Gasteiger partial charge in [0.05, 0.1) is 13.2 Å². The van der Waals surface area contributed by atoms with Crippen LogP contribution in [0.5, 0.6) is 5.88 Å². The molecule has 1 N–H and O–H groups in total. The van der Waals surface area contributed by atoms with E-state index in [4.69, 9.17) is 9.47 Å². The molecule has 1 aromatic heterocycles. The molecule has 0 spiro atoms. The fraction of sp³-hybridized carbons (Fsp3) is 0.615. The molecule has 2 unspecified atom stereocenters. The van der Waals surface area contributed by atoms with Gasteiger partial charge in [0.25, 0.3) is 0 Å². The first-order valence-electron chi connectivity index (χ1n) is 6.12. The summed E-state index contributed by atoms with van der Waals surface area (Å²) in [5.41, 5.74) is 1.19. The minimum atomic E-state index is 0.371. The van der Waals surface area contributed by atoms with Crippen molar-refractivity contribution in [3.05, 3.63) is 23.9 Å². The van der Waals surface area contributed by atoms with E-state index in [2.05, 4.69) is 17.2 Å². The fourth-order valence-corrected chi connectivity index (χ4v) is 2.08. The van der Waals surface area contributed by atoms with Crippen LogP contribution in [0.25, 0.3) is 0 Å². The van der Waals surface area contributed by atoms with Crippen LogP contribution in [0.15, 0.2) is 18.3 Å². The Morgan fingerprint density at radius 1 is 1.53 bits per heavy atom. The molecule has 2 atom stereocenters. The van der Waals surface area contributed by atoms with Crippen molar-refractivity contribution in [2.24, 2.45) is 0 Å². The summed E-state index contributed by atoms with van der Waals surface area (Å²) in [5.74, 6) is 0.661. The number of ether oxygens (including phenoxy) is 2. The van der Waals surface area contributed by atoms with Crippen LogP contribution in [0.4, 0.5) is 0 Å². The predicted octanol–water partition coefficient (Wildman–Crippen LogP) is 1.75. The van der Waals surface area contributed by atoms with E-state index in [9.17, 15) is 0 Å². The summed E-state index contributed by atoms with van der Waals surface area (Å²) in [6, 6.07) is 4.49. The van der Waals surface area contributed by atoms with E-state index in [1.807, 2.05) is 18.3 Å². The molecule has 1 aromatic rings. The molecule has 1 fully saturated rings. The van der Waals surface area contributed by atoms with Crippen molar-refractivity contribution in [3.63, 3.8) is 0 Å². The van der Waals surface area contributed by atoms with Gasteiger partial charge < -0.3 is 14.8 Å². The monoisotopic (exact) mass is 236 g/mol. The van der Waals surface area contributed by atoms with E-state index in [-0.39, 0.29) is 0 Å². The lowest BCUT2D eigenvalue weighted by molar-refractivity contribution is 0.0130. The van der Waals surface area contributed by atoms with Crippen molar-refractivity contribution in [1.29, 1.82) is 0 Å². The first-order valence-corrected chi connectivity index (χ1v) is 6.12. The molecule has 94 valence electrons. The highest BCUT2D eigenvalue weighted by Crippen LogP contribution is 2.14. The largest absolute Gasteiger partial charge is 0.481 e. The summed E-state index contributed by atoms with van der Waals surface area (Å²) in [6.07, 6.45) is 4.40. The molecule has 1 saturated heterocycles. The summed E-state index contributed by atoms with van der Waals surface area (Å²) < 4.78 is 10.6. The Kier molecular flexibility index (Phi) is 4.34. The zero-order valence-corrected chi connectivity index (χ0v) is 10.5. The number of hydrogen-bond acceptors (Lipinski definition) is 4. The van der Waals surface area contributed by atoms with E-state index in [0.29, 0.717) is 18.0 Å². The number of nitrogens with one attached hydrogen (secondary N) is 1. The Morgan fingerprint density at radius 2 is 2.41 bits per heavy atom. The topological polar surface area (TPSA) is 43.4 Å². The number of aromatic nitrogens is 1. The lowest BCUT2D eigenvalue weighted by atomic mass is 10.0. The number of methoxy groups -OCH3 is 1. The van der Waals surface area contributed by atoms with Gasteiger partial charge in [-0.3, -0.25) is 0 Å². The molecule has 0 radical (unpaired) electrons. The second-order valence-electron chi connectivity index (χ2n) is 4.49. The molecule has 1 aliphatic rings. The minimum Gasteiger partial charge on any atom is -0.481 e. The summed E-state index contributed by atoms with van der Waals surface area (Å²) in [6.45, 7) is 3.84. The number of hydrogen-bond donors (Lipinski definition) is 1. The van der Waals surface area contributed by atoms with Crippen LogP contribution >= 0.6 is 0 Å². The molecule has 1 aliphatic heterocycles. The van der Waals surface area contributed by atoms with Crippen LogP contribution in [0.3, 0.4) is 0 Å². The average molecular weight is 236 g/mol. The number of nitrogens with zero attached hydrogens (tertiary/aromatic N) is 1. The second kappa shape index (κ2) is 5.98. The molecule has 17 heavy (non-hydrogen) atoms. The summed E-state index contributed by atoms with van der Waals surface area (Å²) in [7, 11) is 1.63. The Labute approximate surface area is 102 Å². The van der Waals surface area contributed by atoms with Gasteiger partial charge >= 0.3 is 0 Å². The smallest absolute Gasteiger partial charge is 0.212 e. The molecule has 2 heterocycles. The molecular formula is C13H20N2O2. The molecule has 4 heteroatoms. The Balaban J connectivity index is 1.80. The third-order valence-corrected chi connectivity index (χ3v) is 3.09. The zero-order chi connectivity index (χ0) is 12.1. The highest BCUT2D eigenvalue weighted by atomic mass is 16.5. The number of rotatable bonds is 4. The van der Waals surface area contributed by atoms with Gasteiger partial charge in [0.2, 0.25) is 5.88 Å². The Hall–Kier alpha value is -1.13. The fourth-order valence-electron chi connectivity index (χ4n) is 2.08. The van der Waals surface area contributed by atoms with Gasteiger partial charge in [0, 0.05) is 31.5 Å². The van der Waals surface area contributed by atoms with Crippen LogP contribution in [-0.4, -0.2) is 30.8 Å². The Morgan fingerprint density at radius 3 is 3.06 bits per heavy atom. The van der Waals surface area contributed by atoms with Crippen LogP contribution in [0, 0.1) is 0 Å². The third-order valence-electron chi connectivity index (χ3n) is 3.09. The summed E-state index contributed by atoms with van der Waals surface area (Å²) in [5, 5.41) is 3.54. The zero-order valence-electron chi connectivity index (χ0n) is 10.5. The SMILES string of the molecule is COc1ccc(CNC2CCOC(C)C2)cn1. The van der Waals surface area contributed by atoms with Gasteiger partial charge in [0.15, 0.2) is 0 Å². The van der Waals surface area contributed by atoms with E-state index in [1.165, 1.54) is 5.56 Å². The highest BCUT2D eigenvalue weighted by molar-refractivity contribution is 5.17. The average Bonchev–Trinajstić information content (AvgIpc) is 2.37. The van der Waals surface area contributed by atoms with Gasteiger partial charge in [-0.05, 0) is 25.3 Å². The minimum absolute atomic E-state index is 0.371. The van der Waals surface area contributed by atoms with Crippen molar-refractivity contribution in [3.8, 4) is 5.88 Å². The molecule has 2 rings (SSSR count). The maximum absolute atomic E-state index is 5.52. The van der Waals surface area contributed by atoms with Crippen LogP contribution in [-0.2, 0) is 11.3 Å². The molecular weight excluding hydrogens is 216 g/mol. The molecule has 0 amide bonds. The maximum Gasteiger partial charge on any atom is 0.212 e. The lowest BCUT2D eigenvalue weighted by Crippen LogP contribution is -2.37.